The van der Waals surface area contributed by atoms with Crippen LogP contribution in [0.15, 0.2) is 45.7 Å². The molecule has 0 saturated heterocycles. The summed E-state index contributed by atoms with van der Waals surface area (Å²) in [4.78, 5) is 14.2. The van der Waals surface area contributed by atoms with E-state index in [1.165, 1.54) is 7.11 Å². The fourth-order valence-corrected chi connectivity index (χ4v) is 3.58. The monoisotopic (exact) mass is 308 g/mol. The zero-order chi connectivity index (χ0) is 15.2. The molecule has 0 radical (unpaired) electrons. The number of hydrogen-bond donors (Lipinski definition) is 0. The molecular weight excluding hydrogens is 288 g/mol. The molecule has 2 rings (SSSR count). The number of esters is 1. The second-order valence-electron chi connectivity index (χ2n) is 4.77. The van der Waals surface area contributed by atoms with Crippen LogP contribution in [0.4, 0.5) is 0 Å². The van der Waals surface area contributed by atoms with Gasteiger partial charge in [0.2, 0.25) is 0 Å². The fraction of sp³-hybridized carbons (Fsp3) is 0.438. The zero-order valence-electron chi connectivity index (χ0n) is 12.5. The van der Waals surface area contributed by atoms with Gasteiger partial charge >= 0.3 is 5.97 Å². The lowest BCUT2D eigenvalue weighted by molar-refractivity contribution is -0.138. The molecule has 2 unspecified atom stereocenters. The highest BCUT2D eigenvalue weighted by Crippen LogP contribution is 2.39. The quantitative estimate of drug-likeness (QED) is 0.782. The average molecular weight is 308 g/mol. The smallest absolute Gasteiger partial charge is 0.337 e. The van der Waals surface area contributed by atoms with Crippen LogP contribution in [0.1, 0.15) is 12.8 Å². The van der Waals surface area contributed by atoms with E-state index in [-0.39, 0.29) is 18.2 Å². The Balaban J connectivity index is 2.36. The number of methoxy groups -OCH3 is 3. The molecule has 1 aliphatic rings. The minimum Gasteiger partial charge on any atom is -0.466 e. The number of rotatable bonds is 5. The number of hydrogen-bond acceptors (Lipinski definition) is 5. The number of thioether (sulfide) groups is 1. The highest BCUT2D eigenvalue weighted by Gasteiger charge is 2.34. The van der Waals surface area contributed by atoms with Gasteiger partial charge in [0.1, 0.15) is 0 Å². The number of ether oxygens (including phenoxy) is 3. The summed E-state index contributed by atoms with van der Waals surface area (Å²) in [6.07, 6.45) is 1.12. The Labute approximate surface area is 129 Å². The molecule has 114 valence electrons. The van der Waals surface area contributed by atoms with Crippen molar-refractivity contribution in [3.63, 3.8) is 0 Å². The zero-order valence-corrected chi connectivity index (χ0v) is 13.3. The highest BCUT2D eigenvalue weighted by molar-refractivity contribution is 8.03. The Hall–Kier alpha value is -1.30. The van der Waals surface area contributed by atoms with Crippen molar-refractivity contribution < 1.29 is 19.0 Å². The Morgan fingerprint density at radius 1 is 1.14 bits per heavy atom. The number of benzene rings is 1. The molecule has 0 spiro atoms. The minimum absolute atomic E-state index is 0.0505. The summed E-state index contributed by atoms with van der Waals surface area (Å²) in [5.41, 5.74) is 0.613. The largest absolute Gasteiger partial charge is 0.466 e. The molecule has 0 saturated carbocycles. The molecular formula is C16H20O4S. The molecule has 0 amide bonds. The van der Waals surface area contributed by atoms with Crippen LogP contribution in [0, 0.1) is 0 Å². The van der Waals surface area contributed by atoms with Crippen LogP contribution in [0.3, 0.4) is 0 Å². The van der Waals surface area contributed by atoms with Crippen molar-refractivity contribution >= 4 is 17.7 Å². The Bertz CT molecular complexity index is 512. The van der Waals surface area contributed by atoms with E-state index in [2.05, 4.69) is 0 Å². The third-order valence-electron chi connectivity index (χ3n) is 3.52. The summed E-state index contributed by atoms with van der Waals surface area (Å²) in [5, 5.41) is 0. The Morgan fingerprint density at radius 2 is 1.86 bits per heavy atom. The van der Waals surface area contributed by atoms with Gasteiger partial charge in [0.05, 0.1) is 24.9 Å². The van der Waals surface area contributed by atoms with Crippen molar-refractivity contribution in [3.05, 3.63) is 40.8 Å². The summed E-state index contributed by atoms with van der Waals surface area (Å²) in [5.74, 6) is -0.324. The molecule has 0 aliphatic heterocycles. The van der Waals surface area contributed by atoms with Gasteiger partial charge in [0.15, 0.2) is 0 Å². The van der Waals surface area contributed by atoms with E-state index in [1.54, 1.807) is 26.0 Å². The first-order valence-electron chi connectivity index (χ1n) is 6.79. The summed E-state index contributed by atoms with van der Waals surface area (Å²) >= 11 is 1.57. The van der Waals surface area contributed by atoms with Gasteiger partial charge in [-0.15, -0.1) is 0 Å². The van der Waals surface area contributed by atoms with E-state index in [0.29, 0.717) is 18.4 Å². The Kier molecular flexibility index (Phi) is 5.85. The van der Waals surface area contributed by atoms with Crippen molar-refractivity contribution in [1.82, 2.24) is 0 Å². The van der Waals surface area contributed by atoms with E-state index in [4.69, 9.17) is 14.2 Å². The van der Waals surface area contributed by atoms with Crippen LogP contribution in [-0.4, -0.2) is 39.5 Å². The average Bonchev–Trinajstić information content (AvgIpc) is 2.54. The molecule has 5 heteroatoms. The molecule has 1 aromatic carbocycles. The normalized spacial score (nSPS) is 22.2. The van der Waals surface area contributed by atoms with Crippen LogP contribution >= 0.6 is 11.8 Å². The van der Waals surface area contributed by atoms with E-state index in [9.17, 15) is 4.79 Å². The SMILES string of the molecule is COC(=O)C1=C(Sc2ccccc2)CC(OC)CC1OC. The van der Waals surface area contributed by atoms with Crippen LogP contribution in [0.25, 0.3) is 0 Å². The van der Waals surface area contributed by atoms with Crippen molar-refractivity contribution in [3.8, 4) is 0 Å². The first-order valence-corrected chi connectivity index (χ1v) is 7.61. The maximum atomic E-state index is 12.1. The molecule has 21 heavy (non-hydrogen) atoms. The summed E-state index contributed by atoms with van der Waals surface area (Å²) < 4.78 is 15.9. The summed E-state index contributed by atoms with van der Waals surface area (Å²) in [7, 11) is 4.69. The predicted molar refractivity (Wildman–Crippen MR) is 82.2 cm³/mol. The fourth-order valence-electron chi connectivity index (χ4n) is 2.41. The van der Waals surface area contributed by atoms with Crippen molar-refractivity contribution in [2.45, 2.75) is 29.9 Å². The third kappa shape index (κ3) is 3.87. The molecule has 1 aliphatic carbocycles. The maximum absolute atomic E-state index is 12.1. The molecule has 0 bridgehead atoms. The van der Waals surface area contributed by atoms with Crippen molar-refractivity contribution in [2.24, 2.45) is 0 Å². The van der Waals surface area contributed by atoms with E-state index < -0.39 is 0 Å². The van der Waals surface area contributed by atoms with Gasteiger partial charge in [0.25, 0.3) is 0 Å². The lowest BCUT2D eigenvalue weighted by Crippen LogP contribution is -2.33. The third-order valence-corrected chi connectivity index (χ3v) is 4.66. The van der Waals surface area contributed by atoms with Gasteiger partial charge < -0.3 is 14.2 Å². The minimum atomic E-state index is -0.324. The van der Waals surface area contributed by atoms with Crippen molar-refractivity contribution in [1.29, 1.82) is 0 Å². The van der Waals surface area contributed by atoms with E-state index >= 15 is 0 Å². The van der Waals surface area contributed by atoms with Crippen LogP contribution in [0.5, 0.6) is 0 Å². The standard InChI is InChI=1S/C16H20O4S/c1-18-11-9-13(19-2)15(16(17)20-3)14(10-11)21-12-7-5-4-6-8-12/h4-8,11,13H,9-10H2,1-3H3. The highest BCUT2D eigenvalue weighted by atomic mass is 32.2. The maximum Gasteiger partial charge on any atom is 0.337 e. The molecule has 4 nitrogen and oxygen atoms in total. The van der Waals surface area contributed by atoms with Crippen LogP contribution in [0.2, 0.25) is 0 Å². The van der Waals surface area contributed by atoms with Gasteiger partial charge in [0, 0.05) is 36.9 Å². The number of carbonyl (C=O) groups excluding carboxylic acids is 1. The molecule has 0 fully saturated rings. The lowest BCUT2D eigenvalue weighted by Gasteiger charge is -2.30. The molecule has 2 atom stereocenters. The van der Waals surface area contributed by atoms with Gasteiger partial charge in [-0.05, 0) is 12.1 Å². The van der Waals surface area contributed by atoms with Crippen molar-refractivity contribution in [2.75, 3.05) is 21.3 Å². The van der Waals surface area contributed by atoms with Gasteiger partial charge in [-0.25, -0.2) is 4.79 Å². The lowest BCUT2D eigenvalue weighted by atomic mass is 9.93. The van der Waals surface area contributed by atoms with Crippen LogP contribution in [-0.2, 0) is 19.0 Å². The molecule has 0 N–H and O–H groups in total. The van der Waals surface area contributed by atoms with Gasteiger partial charge in [-0.1, -0.05) is 30.0 Å². The molecule has 0 heterocycles. The predicted octanol–water partition coefficient (Wildman–Crippen LogP) is 3.03. The summed E-state index contributed by atoms with van der Waals surface area (Å²) in [6.45, 7) is 0. The first kappa shape index (κ1) is 16.1. The van der Waals surface area contributed by atoms with Crippen LogP contribution < -0.4 is 0 Å². The second kappa shape index (κ2) is 7.64. The van der Waals surface area contributed by atoms with Gasteiger partial charge in [-0.3, -0.25) is 0 Å². The van der Waals surface area contributed by atoms with Gasteiger partial charge in [-0.2, -0.15) is 0 Å². The second-order valence-corrected chi connectivity index (χ2v) is 5.93. The van der Waals surface area contributed by atoms with E-state index in [1.807, 2.05) is 30.3 Å². The molecule has 0 aromatic heterocycles. The summed E-state index contributed by atoms with van der Waals surface area (Å²) in [6, 6.07) is 9.96. The topological polar surface area (TPSA) is 44.8 Å². The van der Waals surface area contributed by atoms with E-state index in [0.717, 1.165) is 9.80 Å². The molecule has 1 aromatic rings. The number of carbonyl (C=O) groups is 1. The first-order chi connectivity index (χ1) is 10.2. The Morgan fingerprint density at radius 3 is 2.43 bits per heavy atom.